The minimum absolute atomic E-state index is 0.0694. The average Bonchev–Trinajstić information content (AvgIpc) is 3.96. The fraction of sp³-hybridized carbons (Fsp3) is 0.0847. The molecule has 1 aliphatic carbocycles. The summed E-state index contributed by atoms with van der Waals surface area (Å²) in [6.45, 7) is 9.26. The van der Waals surface area contributed by atoms with Crippen LogP contribution < -0.4 is 4.90 Å². The molecule has 0 radical (unpaired) electrons. The van der Waals surface area contributed by atoms with Crippen LogP contribution in [0.5, 0.6) is 0 Å². The number of para-hydroxylation sites is 4. The highest BCUT2D eigenvalue weighted by molar-refractivity contribution is 6.10. The zero-order valence-corrected chi connectivity index (χ0v) is 35.2. The number of furan rings is 2. The van der Waals surface area contributed by atoms with E-state index in [1.165, 1.54) is 44.5 Å². The number of aryl methyl sites for hydroxylation is 1. The third-order valence-corrected chi connectivity index (χ3v) is 13.5. The minimum atomic E-state index is -0.0694. The fourth-order valence-corrected chi connectivity index (χ4v) is 10.2. The number of rotatable bonds is 6. The Hall–Kier alpha value is -7.62. The van der Waals surface area contributed by atoms with Crippen molar-refractivity contribution in [2.45, 2.75) is 33.1 Å². The van der Waals surface area contributed by atoms with Gasteiger partial charge in [0.25, 0.3) is 0 Å². The predicted octanol–water partition coefficient (Wildman–Crippen LogP) is 16.9. The molecule has 12 rings (SSSR count). The summed E-state index contributed by atoms with van der Waals surface area (Å²) >= 11 is 0. The lowest BCUT2D eigenvalue weighted by atomic mass is 9.80. The first kappa shape index (κ1) is 36.2. The van der Waals surface area contributed by atoms with Crippen molar-refractivity contribution < 1.29 is 8.83 Å². The fourth-order valence-electron chi connectivity index (χ4n) is 10.2. The lowest BCUT2D eigenvalue weighted by molar-refractivity contribution is 0.659. The van der Waals surface area contributed by atoms with Gasteiger partial charge in [0.15, 0.2) is 0 Å². The third kappa shape index (κ3) is 5.44. The van der Waals surface area contributed by atoms with Gasteiger partial charge in [-0.05, 0) is 118 Å². The van der Waals surface area contributed by atoms with Crippen LogP contribution in [0.25, 0.3) is 88.4 Å². The quantitative estimate of drug-likeness (QED) is 0.168. The maximum Gasteiger partial charge on any atom is 0.143 e. The molecule has 0 aliphatic heterocycles. The van der Waals surface area contributed by atoms with Gasteiger partial charge in [-0.3, -0.25) is 0 Å². The number of anilines is 3. The number of nitrogens with zero attached hydrogens (tertiary/aromatic N) is 1. The molecule has 0 spiro atoms. The standard InChI is InChI=1S/C59H43NO2/c1-36-35-52-56(50-15-5-8-20-51(50)59(52,3)4)55(37(36)2)40-27-33-43(34-28-40)60(41-29-23-38(24-30-41)44-16-11-18-48-46-13-6-9-21-53(46)61-57(44)48)42-31-25-39(26-32-42)45-17-12-19-49-47-14-7-10-22-54(47)62-58(45)49/h5-35H,1-4H3. The summed E-state index contributed by atoms with van der Waals surface area (Å²) in [5, 5.41) is 4.52. The van der Waals surface area contributed by atoms with Crippen LogP contribution in [0.15, 0.2) is 197 Å². The van der Waals surface area contributed by atoms with Gasteiger partial charge in [-0.15, -0.1) is 0 Å². The van der Waals surface area contributed by atoms with Crippen molar-refractivity contribution in [1.82, 2.24) is 0 Å². The van der Waals surface area contributed by atoms with Crippen LogP contribution >= 0.6 is 0 Å². The Kier molecular flexibility index (Phi) is 8.01. The Morgan fingerprint density at radius 3 is 1.35 bits per heavy atom. The zero-order chi connectivity index (χ0) is 41.7. The van der Waals surface area contributed by atoms with E-state index in [9.17, 15) is 0 Å². The minimum Gasteiger partial charge on any atom is -0.455 e. The largest absolute Gasteiger partial charge is 0.455 e. The molecular weight excluding hydrogens is 755 g/mol. The van der Waals surface area contributed by atoms with Crippen LogP contribution in [0.3, 0.4) is 0 Å². The zero-order valence-electron chi connectivity index (χ0n) is 35.2. The summed E-state index contributed by atoms with van der Waals surface area (Å²) in [6.07, 6.45) is 0. The lowest BCUT2D eigenvalue weighted by Crippen LogP contribution is -2.15. The van der Waals surface area contributed by atoms with E-state index in [0.29, 0.717) is 0 Å². The van der Waals surface area contributed by atoms with E-state index in [4.69, 9.17) is 8.83 Å². The van der Waals surface area contributed by atoms with E-state index in [1.807, 2.05) is 24.3 Å². The van der Waals surface area contributed by atoms with Gasteiger partial charge >= 0.3 is 0 Å². The number of hydrogen-bond acceptors (Lipinski definition) is 3. The lowest BCUT2D eigenvalue weighted by Gasteiger charge is -2.27. The third-order valence-electron chi connectivity index (χ3n) is 13.5. The van der Waals surface area contributed by atoms with Crippen LogP contribution in [-0.4, -0.2) is 0 Å². The smallest absolute Gasteiger partial charge is 0.143 e. The predicted molar refractivity (Wildman–Crippen MR) is 259 cm³/mol. The molecule has 1 aliphatic rings. The molecule has 0 amide bonds. The maximum absolute atomic E-state index is 6.45. The molecule has 3 nitrogen and oxygen atoms in total. The Morgan fingerprint density at radius 1 is 0.387 bits per heavy atom. The first-order valence-electron chi connectivity index (χ1n) is 21.5. The molecule has 9 aromatic carbocycles. The molecule has 0 bridgehead atoms. The molecule has 3 heteroatoms. The van der Waals surface area contributed by atoms with Crippen molar-refractivity contribution in [3.8, 4) is 44.5 Å². The van der Waals surface area contributed by atoms with Crippen molar-refractivity contribution in [3.63, 3.8) is 0 Å². The molecule has 0 N–H and O–H groups in total. The van der Waals surface area contributed by atoms with E-state index in [0.717, 1.165) is 83.2 Å². The molecular formula is C59H43NO2. The molecule has 296 valence electrons. The molecule has 2 aromatic heterocycles. The second-order valence-corrected chi connectivity index (χ2v) is 17.3. The van der Waals surface area contributed by atoms with E-state index in [2.05, 4.69) is 196 Å². The van der Waals surface area contributed by atoms with Gasteiger partial charge in [0.05, 0.1) is 0 Å². The van der Waals surface area contributed by atoms with Gasteiger partial charge in [0, 0.05) is 55.1 Å². The highest BCUT2D eigenvalue weighted by Crippen LogP contribution is 2.54. The van der Waals surface area contributed by atoms with Crippen molar-refractivity contribution in [1.29, 1.82) is 0 Å². The topological polar surface area (TPSA) is 29.5 Å². The molecule has 2 heterocycles. The van der Waals surface area contributed by atoms with Crippen LogP contribution in [0.2, 0.25) is 0 Å². The molecule has 11 aromatic rings. The van der Waals surface area contributed by atoms with Gasteiger partial charge in [0.2, 0.25) is 0 Å². The van der Waals surface area contributed by atoms with Crippen LogP contribution in [0, 0.1) is 13.8 Å². The Labute approximate surface area is 361 Å². The van der Waals surface area contributed by atoms with Crippen LogP contribution in [0.1, 0.15) is 36.1 Å². The molecule has 0 atom stereocenters. The summed E-state index contributed by atoms with van der Waals surface area (Å²) in [5.41, 5.74) is 21.8. The van der Waals surface area contributed by atoms with Crippen molar-refractivity contribution in [2.24, 2.45) is 0 Å². The second kappa shape index (κ2) is 13.7. The molecule has 0 fully saturated rings. The SMILES string of the molecule is Cc1cc2c(c(-c3ccc(N(c4ccc(-c5cccc6c5oc5ccccc56)cc4)c4ccc(-c5cccc6c5oc5ccccc56)cc4)cc3)c1C)-c1ccccc1C2(C)C. The first-order chi connectivity index (χ1) is 30.3. The normalized spacial score (nSPS) is 13.0. The van der Waals surface area contributed by atoms with Crippen LogP contribution in [-0.2, 0) is 5.41 Å². The first-order valence-corrected chi connectivity index (χ1v) is 21.5. The second-order valence-electron chi connectivity index (χ2n) is 17.3. The van der Waals surface area contributed by atoms with Gasteiger partial charge in [-0.25, -0.2) is 0 Å². The van der Waals surface area contributed by atoms with Crippen LogP contribution in [0.4, 0.5) is 17.1 Å². The van der Waals surface area contributed by atoms with Gasteiger partial charge < -0.3 is 13.7 Å². The Balaban J connectivity index is 0.975. The number of hydrogen-bond donors (Lipinski definition) is 0. The summed E-state index contributed by atoms with van der Waals surface area (Å²) in [5.74, 6) is 0. The summed E-state index contributed by atoms with van der Waals surface area (Å²) in [4.78, 5) is 2.35. The highest BCUT2D eigenvalue weighted by atomic mass is 16.3. The van der Waals surface area contributed by atoms with E-state index < -0.39 is 0 Å². The molecule has 62 heavy (non-hydrogen) atoms. The highest BCUT2D eigenvalue weighted by Gasteiger charge is 2.37. The Morgan fingerprint density at radius 2 is 0.823 bits per heavy atom. The van der Waals surface area contributed by atoms with Crippen molar-refractivity contribution >= 4 is 60.9 Å². The summed E-state index contributed by atoms with van der Waals surface area (Å²) in [6, 6.07) is 67.7. The van der Waals surface area contributed by atoms with Crippen molar-refractivity contribution in [2.75, 3.05) is 4.90 Å². The Bertz CT molecular complexity index is 3390. The van der Waals surface area contributed by atoms with Gasteiger partial charge in [-0.1, -0.05) is 153 Å². The maximum atomic E-state index is 6.45. The van der Waals surface area contributed by atoms with E-state index in [-0.39, 0.29) is 5.41 Å². The molecule has 0 unspecified atom stereocenters. The summed E-state index contributed by atoms with van der Waals surface area (Å²) in [7, 11) is 0. The van der Waals surface area contributed by atoms with Gasteiger partial charge in [0.1, 0.15) is 22.3 Å². The number of fused-ring (bicyclic) bond motifs is 9. The summed E-state index contributed by atoms with van der Waals surface area (Å²) < 4.78 is 12.9. The molecule has 0 saturated carbocycles. The average molecular weight is 798 g/mol. The number of benzene rings is 9. The van der Waals surface area contributed by atoms with Gasteiger partial charge in [-0.2, -0.15) is 0 Å². The van der Waals surface area contributed by atoms with E-state index in [1.54, 1.807) is 0 Å². The van der Waals surface area contributed by atoms with Crippen molar-refractivity contribution in [3.05, 3.63) is 210 Å². The monoisotopic (exact) mass is 797 g/mol. The van der Waals surface area contributed by atoms with E-state index >= 15 is 0 Å². The molecule has 0 saturated heterocycles.